The van der Waals surface area contributed by atoms with Crippen LogP contribution >= 0.6 is 7.82 Å². The maximum Gasteiger partial charge on any atom is 1.00 e. The van der Waals surface area contributed by atoms with Crippen LogP contribution in [-0.2, 0) is 13.6 Å². The van der Waals surface area contributed by atoms with Crippen LogP contribution in [0, 0.1) is 0 Å². The van der Waals surface area contributed by atoms with Gasteiger partial charge in [-0.3, -0.25) is 4.57 Å². The molecule has 0 bridgehead atoms. The maximum atomic E-state index is 11.1. The Kier molecular flexibility index (Phi) is 19.3. The van der Waals surface area contributed by atoms with E-state index in [4.69, 9.17) is 4.52 Å². The van der Waals surface area contributed by atoms with E-state index < -0.39 is 7.82 Å². The van der Waals surface area contributed by atoms with Gasteiger partial charge in [0, 0.05) is 0 Å². The van der Waals surface area contributed by atoms with E-state index in [0.717, 1.165) is 19.3 Å². The van der Waals surface area contributed by atoms with Gasteiger partial charge in [-0.2, -0.15) is 0 Å². The molecule has 0 fully saturated rings. The number of hydrogen-bond donors (Lipinski definition) is 0. The fourth-order valence-corrected chi connectivity index (χ4v) is 2.70. The Hall–Kier alpha value is 1.11. The van der Waals surface area contributed by atoms with Crippen LogP contribution in [-0.4, -0.2) is 13.2 Å². The van der Waals surface area contributed by atoms with Gasteiger partial charge in [0.05, 0.1) is 13.2 Å². The minimum Gasteiger partial charge on any atom is -0.756 e. The second kappa shape index (κ2) is 16.5. The van der Waals surface area contributed by atoms with Crippen molar-refractivity contribution in [2.24, 2.45) is 0 Å². The molecule has 0 aromatic rings. The molecule has 1 atom stereocenters. The number of phosphoric acid groups is 1. The monoisotopic (exact) mass is 316 g/mol. The van der Waals surface area contributed by atoms with Crippen molar-refractivity contribution in [3.63, 3.8) is 0 Å². The molecule has 0 amide bonds. The van der Waals surface area contributed by atoms with E-state index in [2.05, 4.69) is 11.4 Å². The van der Waals surface area contributed by atoms with Gasteiger partial charge < -0.3 is 13.9 Å². The first-order valence-corrected chi connectivity index (χ1v) is 9.18. The zero-order chi connectivity index (χ0) is 14.4. The molecule has 4 nitrogen and oxygen atoms in total. The third-order valence-electron chi connectivity index (χ3n) is 3.03. The largest absolute Gasteiger partial charge is 1.00 e. The summed E-state index contributed by atoms with van der Waals surface area (Å²) < 4.78 is 20.3. The Morgan fingerprint density at radius 3 is 1.70 bits per heavy atom. The molecule has 0 aliphatic heterocycles. The molecule has 0 aliphatic carbocycles. The van der Waals surface area contributed by atoms with E-state index in [1.807, 2.05) is 0 Å². The van der Waals surface area contributed by atoms with Crippen LogP contribution in [0.2, 0.25) is 0 Å². The van der Waals surface area contributed by atoms with E-state index in [9.17, 15) is 9.46 Å². The van der Waals surface area contributed by atoms with Gasteiger partial charge in [-0.05, 0) is 13.3 Å². The van der Waals surface area contributed by atoms with Gasteiger partial charge in [-0.1, -0.05) is 64.7 Å². The summed E-state index contributed by atoms with van der Waals surface area (Å²) in [5.41, 5.74) is 0. The SMILES string of the molecule is CCCCCCCCCCCCOP(=O)([O-])OCC.[Na+]. The summed E-state index contributed by atoms with van der Waals surface area (Å²) in [6, 6.07) is 0. The van der Waals surface area contributed by atoms with Gasteiger partial charge in [0.25, 0.3) is 7.82 Å². The molecule has 0 aliphatic rings. The third-order valence-corrected chi connectivity index (χ3v) is 4.11. The Balaban J connectivity index is 0. The number of hydrogen-bond acceptors (Lipinski definition) is 4. The smallest absolute Gasteiger partial charge is 0.756 e. The zero-order valence-electron chi connectivity index (χ0n) is 13.6. The molecule has 6 heteroatoms. The van der Waals surface area contributed by atoms with Crippen LogP contribution in [0.3, 0.4) is 0 Å². The first-order valence-electron chi connectivity index (χ1n) is 7.72. The van der Waals surface area contributed by atoms with Crippen LogP contribution in [0.15, 0.2) is 0 Å². The summed E-state index contributed by atoms with van der Waals surface area (Å²) in [7, 11) is -4.02. The van der Waals surface area contributed by atoms with Crippen LogP contribution in [0.4, 0.5) is 0 Å². The van der Waals surface area contributed by atoms with Crippen LogP contribution in [0.1, 0.15) is 78.1 Å². The molecule has 0 saturated heterocycles. The van der Waals surface area contributed by atoms with Crippen LogP contribution in [0.25, 0.3) is 0 Å². The quantitative estimate of drug-likeness (QED) is 0.276. The Labute approximate surface area is 146 Å². The van der Waals surface area contributed by atoms with Gasteiger partial charge in [0.15, 0.2) is 0 Å². The fourth-order valence-electron chi connectivity index (χ4n) is 1.96. The molecular formula is C14H30NaO4P. The Morgan fingerprint density at radius 2 is 1.25 bits per heavy atom. The summed E-state index contributed by atoms with van der Waals surface area (Å²) in [6.07, 6.45) is 12.2. The second-order valence-corrected chi connectivity index (χ2v) is 6.29. The molecular weight excluding hydrogens is 286 g/mol. The van der Waals surface area contributed by atoms with Crippen molar-refractivity contribution < 1.29 is 48.1 Å². The van der Waals surface area contributed by atoms with Crippen molar-refractivity contribution in [2.45, 2.75) is 78.1 Å². The number of unbranched alkanes of at least 4 members (excludes halogenated alkanes) is 9. The minimum absolute atomic E-state index is 0. The molecule has 0 spiro atoms. The van der Waals surface area contributed by atoms with E-state index in [0.29, 0.717) is 0 Å². The van der Waals surface area contributed by atoms with Gasteiger partial charge in [0.2, 0.25) is 0 Å². The fraction of sp³-hybridized carbons (Fsp3) is 1.00. The average molecular weight is 316 g/mol. The minimum atomic E-state index is -4.02. The van der Waals surface area contributed by atoms with Gasteiger partial charge in [0.1, 0.15) is 0 Å². The molecule has 0 rings (SSSR count). The predicted molar refractivity (Wildman–Crippen MR) is 77.0 cm³/mol. The Bertz CT molecular complexity index is 239. The van der Waals surface area contributed by atoms with E-state index in [1.54, 1.807) is 6.92 Å². The molecule has 116 valence electrons. The van der Waals surface area contributed by atoms with Crippen molar-refractivity contribution in [2.75, 3.05) is 13.2 Å². The first kappa shape index (κ1) is 23.4. The van der Waals surface area contributed by atoms with E-state index >= 15 is 0 Å². The van der Waals surface area contributed by atoms with Crippen molar-refractivity contribution >= 4 is 7.82 Å². The molecule has 20 heavy (non-hydrogen) atoms. The van der Waals surface area contributed by atoms with Gasteiger partial charge in [-0.25, -0.2) is 0 Å². The summed E-state index contributed by atoms with van der Waals surface area (Å²) >= 11 is 0. The summed E-state index contributed by atoms with van der Waals surface area (Å²) in [4.78, 5) is 11.1. The molecule has 0 N–H and O–H groups in total. The van der Waals surface area contributed by atoms with Crippen molar-refractivity contribution in [3.05, 3.63) is 0 Å². The number of rotatable bonds is 14. The summed E-state index contributed by atoms with van der Waals surface area (Å²) in [5, 5.41) is 0. The van der Waals surface area contributed by atoms with Crippen molar-refractivity contribution in [3.8, 4) is 0 Å². The normalized spacial score (nSPS) is 13.8. The molecule has 0 aromatic heterocycles. The summed E-state index contributed by atoms with van der Waals surface area (Å²) in [6.45, 7) is 4.25. The van der Waals surface area contributed by atoms with Gasteiger partial charge in [-0.15, -0.1) is 0 Å². The zero-order valence-corrected chi connectivity index (χ0v) is 16.5. The summed E-state index contributed by atoms with van der Waals surface area (Å²) in [5.74, 6) is 0. The molecule has 0 heterocycles. The Morgan fingerprint density at radius 1 is 0.800 bits per heavy atom. The van der Waals surface area contributed by atoms with Crippen molar-refractivity contribution in [1.82, 2.24) is 0 Å². The third kappa shape index (κ3) is 17.2. The van der Waals surface area contributed by atoms with Crippen molar-refractivity contribution in [1.29, 1.82) is 0 Å². The molecule has 0 radical (unpaired) electrons. The predicted octanol–water partition coefficient (Wildman–Crippen LogP) is 1.43. The van der Waals surface area contributed by atoms with E-state index in [1.165, 1.54) is 44.9 Å². The average Bonchev–Trinajstić information content (AvgIpc) is 2.36. The standard InChI is InChI=1S/C14H31O4P.Na/c1-3-5-6-7-8-9-10-11-12-13-14-18-19(15,16)17-4-2;/h3-14H2,1-2H3,(H,15,16);/q;+1/p-1. The molecule has 0 saturated carbocycles. The van der Waals surface area contributed by atoms with Crippen LogP contribution in [0.5, 0.6) is 0 Å². The van der Waals surface area contributed by atoms with Crippen LogP contribution < -0.4 is 34.5 Å². The van der Waals surface area contributed by atoms with Gasteiger partial charge >= 0.3 is 29.6 Å². The second-order valence-electron chi connectivity index (χ2n) is 4.88. The topological polar surface area (TPSA) is 58.6 Å². The number of phosphoric ester groups is 1. The molecule has 0 aromatic carbocycles. The first-order chi connectivity index (χ1) is 9.12. The molecule has 1 unspecified atom stereocenters. The maximum absolute atomic E-state index is 11.1. The van der Waals surface area contributed by atoms with E-state index in [-0.39, 0.29) is 42.8 Å².